The number of nitrogens with two attached hydrogens (primary N) is 1. The summed E-state index contributed by atoms with van der Waals surface area (Å²) in [7, 11) is 0. The van der Waals surface area contributed by atoms with Gasteiger partial charge in [-0.3, -0.25) is 4.79 Å². The fraction of sp³-hybridized carbons (Fsp3) is 0.848. The first-order valence-electron chi connectivity index (χ1n) is 15.3. The Balaban J connectivity index is 1.32. The van der Waals surface area contributed by atoms with Gasteiger partial charge in [-0.25, -0.2) is 0 Å². The summed E-state index contributed by atoms with van der Waals surface area (Å²) >= 11 is 0. The summed E-state index contributed by atoms with van der Waals surface area (Å²) in [6.07, 6.45) is 20.5. The molecule has 3 heteroatoms. The molecule has 0 bridgehead atoms. The lowest BCUT2D eigenvalue weighted by Crippen LogP contribution is -2.66. The normalized spacial score (nSPS) is 51.7. The van der Waals surface area contributed by atoms with Crippen molar-refractivity contribution in [1.82, 2.24) is 0 Å². The second-order valence-electron chi connectivity index (χ2n) is 15.5. The summed E-state index contributed by atoms with van der Waals surface area (Å²) in [5.41, 5.74) is 11.5. The highest BCUT2D eigenvalue weighted by Crippen LogP contribution is 2.75. The Bertz CT molecular complexity index is 1010. The molecule has 0 aromatic heterocycles. The number of allylic oxidation sites excluding steroid dienone is 4. The lowest BCUT2D eigenvalue weighted by Gasteiger charge is -2.72. The van der Waals surface area contributed by atoms with Crippen LogP contribution in [0.5, 0.6) is 0 Å². The van der Waals surface area contributed by atoms with Crippen LogP contribution in [-0.4, -0.2) is 16.6 Å². The molecule has 3 nitrogen and oxygen atoms in total. The second kappa shape index (κ2) is 7.96. The zero-order valence-electron chi connectivity index (χ0n) is 23.7. The molecule has 6 aliphatic carbocycles. The molecule has 0 aromatic rings. The molecule has 4 fully saturated rings. The lowest BCUT2D eigenvalue weighted by atomic mass is 9.33. The van der Waals surface area contributed by atoms with Crippen molar-refractivity contribution in [3.63, 3.8) is 0 Å². The van der Waals surface area contributed by atoms with Gasteiger partial charge in [0.25, 0.3) is 0 Å². The Hall–Kier alpha value is -1.09. The van der Waals surface area contributed by atoms with E-state index in [9.17, 15) is 9.90 Å². The number of hydrogen-bond acceptors (Lipinski definition) is 2. The first kappa shape index (κ1) is 25.2. The van der Waals surface area contributed by atoms with Crippen molar-refractivity contribution in [1.29, 1.82) is 0 Å². The molecule has 200 valence electrons. The van der Waals surface area contributed by atoms with E-state index >= 15 is 0 Å². The highest BCUT2D eigenvalue weighted by Gasteiger charge is 2.69. The van der Waals surface area contributed by atoms with Gasteiger partial charge >= 0.3 is 5.97 Å². The number of carboxylic acid groups (broad SMARTS) is 1. The summed E-state index contributed by atoms with van der Waals surface area (Å²) in [4.78, 5) is 11.5. The minimum absolute atomic E-state index is 0.131. The fourth-order valence-electron chi connectivity index (χ4n) is 12.1. The van der Waals surface area contributed by atoms with Gasteiger partial charge in [-0.2, -0.15) is 0 Å². The van der Waals surface area contributed by atoms with E-state index in [0.29, 0.717) is 28.6 Å². The van der Waals surface area contributed by atoms with E-state index in [-0.39, 0.29) is 16.9 Å². The van der Waals surface area contributed by atoms with Crippen molar-refractivity contribution in [3.05, 3.63) is 23.3 Å². The average molecular weight is 494 g/mol. The molecular weight excluding hydrogens is 442 g/mol. The van der Waals surface area contributed by atoms with Crippen molar-refractivity contribution in [2.24, 2.45) is 57.0 Å². The van der Waals surface area contributed by atoms with Gasteiger partial charge in [0.15, 0.2) is 0 Å². The molecule has 0 spiro atoms. The summed E-state index contributed by atoms with van der Waals surface area (Å²) in [5.74, 6) is 2.23. The quantitative estimate of drug-likeness (QED) is 0.411. The maximum absolute atomic E-state index is 11.5. The van der Waals surface area contributed by atoms with Crippen molar-refractivity contribution in [2.45, 2.75) is 124 Å². The number of carbonyl (C=O) groups is 1. The molecule has 3 N–H and O–H groups in total. The minimum atomic E-state index is -0.627. The van der Waals surface area contributed by atoms with Crippen LogP contribution >= 0.6 is 0 Å². The predicted molar refractivity (Wildman–Crippen MR) is 146 cm³/mol. The zero-order valence-corrected chi connectivity index (χ0v) is 23.7. The summed E-state index contributed by atoms with van der Waals surface area (Å²) < 4.78 is 0. The van der Waals surface area contributed by atoms with E-state index in [2.05, 4.69) is 46.8 Å². The molecule has 6 rings (SSSR count). The SMILES string of the molecule is CC1(C)C(C2=CCC(C(=O)O)CC2)=CCC2(C)[C@H]3CCC4[C@H]5CCCC5(N)CC[C@@]4(C)C3(C)CC[C@@H]12. The average Bonchev–Trinajstić information content (AvgIpc) is 3.21. The minimum Gasteiger partial charge on any atom is -0.481 e. The van der Waals surface area contributed by atoms with E-state index in [1.807, 2.05) is 0 Å². The van der Waals surface area contributed by atoms with Gasteiger partial charge in [0.1, 0.15) is 0 Å². The van der Waals surface area contributed by atoms with Gasteiger partial charge in [0, 0.05) is 5.54 Å². The number of rotatable bonds is 2. The Labute approximate surface area is 219 Å². The van der Waals surface area contributed by atoms with Crippen molar-refractivity contribution in [2.75, 3.05) is 0 Å². The van der Waals surface area contributed by atoms with E-state index in [4.69, 9.17) is 5.73 Å². The molecule has 4 saturated carbocycles. The largest absolute Gasteiger partial charge is 0.481 e. The summed E-state index contributed by atoms with van der Waals surface area (Å²) in [6, 6.07) is 0. The lowest BCUT2D eigenvalue weighted by molar-refractivity contribution is -0.216. The van der Waals surface area contributed by atoms with E-state index in [1.165, 1.54) is 69.8 Å². The molecule has 5 unspecified atom stereocenters. The highest BCUT2D eigenvalue weighted by atomic mass is 16.4. The third kappa shape index (κ3) is 3.16. The van der Waals surface area contributed by atoms with Gasteiger partial charge in [-0.05, 0) is 134 Å². The van der Waals surface area contributed by atoms with Gasteiger partial charge in [-0.1, -0.05) is 53.2 Å². The summed E-state index contributed by atoms with van der Waals surface area (Å²) in [5, 5.41) is 9.48. The van der Waals surface area contributed by atoms with E-state index in [1.54, 1.807) is 5.57 Å². The van der Waals surface area contributed by atoms with Crippen LogP contribution < -0.4 is 5.73 Å². The Kier molecular flexibility index (Phi) is 5.58. The van der Waals surface area contributed by atoms with Crippen LogP contribution in [-0.2, 0) is 4.79 Å². The van der Waals surface area contributed by atoms with Gasteiger partial charge in [-0.15, -0.1) is 0 Å². The second-order valence-corrected chi connectivity index (χ2v) is 15.5. The van der Waals surface area contributed by atoms with Gasteiger partial charge in [0.2, 0.25) is 0 Å². The molecular formula is C33H51NO2. The van der Waals surface area contributed by atoms with Gasteiger partial charge < -0.3 is 10.8 Å². The predicted octanol–water partition coefficient (Wildman–Crippen LogP) is 7.90. The molecule has 0 amide bonds. The number of hydrogen-bond donors (Lipinski definition) is 2. The number of fused-ring (bicyclic) bond motifs is 7. The molecule has 0 heterocycles. The topological polar surface area (TPSA) is 63.3 Å². The van der Waals surface area contributed by atoms with Crippen molar-refractivity contribution in [3.8, 4) is 0 Å². The van der Waals surface area contributed by atoms with Crippen LogP contribution in [0.25, 0.3) is 0 Å². The van der Waals surface area contributed by atoms with Crippen LogP contribution in [0, 0.1) is 51.2 Å². The molecule has 0 aromatic carbocycles. The Morgan fingerprint density at radius 1 is 0.861 bits per heavy atom. The van der Waals surface area contributed by atoms with E-state index < -0.39 is 5.97 Å². The Morgan fingerprint density at radius 2 is 1.64 bits per heavy atom. The Morgan fingerprint density at radius 3 is 2.33 bits per heavy atom. The monoisotopic (exact) mass is 493 g/mol. The molecule has 6 aliphatic rings. The van der Waals surface area contributed by atoms with E-state index in [0.717, 1.165) is 30.6 Å². The van der Waals surface area contributed by atoms with Crippen molar-refractivity contribution >= 4 is 5.97 Å². The standard InChI is InChI=1S/C33H51NO2/c1-29(2)23(21-8-10-22(11-9-21)28(35)36)14-17-30(3)26(29)15-18-32(5)27(30)13-12-24-25-7-6-16-33(25,34)20-19-31(24,32)4/h8,14,22,24-27H,6-7,9-13,15-20,34H2,1-5H3,(H,35,36)/t22?,24?,25-,26+,27-,30?,31-,32?,33?/m1/s1. The van der Waals surface area contributed by atoms with Crippen LogP contribution in [0.2, 0.25) is 0 Å². The maximum atomic E-state index is 11.5. The fourth-order valence-corrected chi connectivity index (χ4v) is 12.1. The molecule has 0 radical (unpaired) electrons. The van der Waals surface area contributed by atoms with Crippen LogP contribution in [0.4, 0.5) is 0 Å². The first-order valence-corrected chi connectivity index (χ1v) is 15.3. The number of carboxylic acids is 1. The highest BCUT2D eigenvalue weighted by molar-refractivity contribution is 5.70. The molecule has 9 atom stereocenters. The molecule has 36 heavy (non-hydrogen) atoms. The molecule has 0 aliphatic heterocycles. The van der Waals surface area contributed by atoms with Crippen LogP contribution in [0.3, 0.4) is 0 Å². The maximum Gasteiger partial charge on any atom is 0.306 e. The van der Waals surface area contributed by atoms with Crippen LogP contribution in [0.15, 0.2) is 23.3 Å². The van der Waals surface area contributed by atoms with Gasteiger partial charge in [0.05, 0.1) is 5.92 Å². The summed E-state index contributed by atoms with van der Waals surface area (Å²) in [6.45, 7) is 13.1. The van der Waals surface area contributed by atoms with Crippen LogP contribution in [0.1, 0.15) is 118 Å². The van der Waals surface area contributed by atoms with Crippen molar-refractivity contribution < 1.29 is 9.90 Å². The first-order chi connectivity index (χ1) is 16.9. The molecule has 0 saturated heterocycles. The number of aliphatic carboxylic acids is 1. The zero-order chi connectivity index (χ0) is 25.7. The smallest absolute Gasteiger partial charge is 0.306 e. The third-order valence-corrected chi connectivity index (χ3v) is 14.1. The third-order valence-electron chi connectivity index (χ3n) is 14.1.